The number of carboxylic acid groups (broad SMARTS) is 1. The van der Waals surface area contributed by atoms with Crippen molar-refractivity contribution in [2.24, 2.45) is 35.3 Å². The maximum Gasteiger partial charge on any atom is 0.326 e. The van der Waals surface area contributed by atoms with Gasteiger partial charge >= 0.3 is 5.97 Å². The van der Waals surface area contributed by atoms with Gasteiger partial charge in [-0.2, -0.15) is 0 Å². The average Bonchev–Trinajstić information content (AvgIpc) is 4.15. The molecule has 0 bridgehead atoms. The van der Waals surface area contributed by atoms with Crippen molar-refractivity contribution in [2.75, 3.05) is 13.1 Å². The zero-order valence-electron chi connectivity index (χ0n) is 47.8. The molecule has 2 aliphatic heterocycles. The number of nitrogens with zero attached hydrogens (tertiary/aromatic N) is 2. The van der Waals surface area contributed by atoms with Gasteiger partial charge in [-0.05, 0) is 105 Å². The number of aryl methyl sites for hydroxylation is 2. The number of nitrogens with two attached hydrogens (primary N) is 1. The van der Waals surface area contributed by atoms with E-state index >= 15 is 0 Å². The number of hydrogen-bond acceptors (Lipinski definition) is 10. The Hall–Kier alpha value is -6.37. The number of hydrogen-bond donors (Lipinski definition) is 8. The monoisotopic (exact) mass is 1090 g/mol. The molecule has 2 fully saturated rings. The highest BCUT2D eigenvalue weighted by Gasteiger charge is 2.45. The number of carbonyl (C=O) groups excluding carboxylic acids is 8. The molecular weight excluding hydrogens is 995 g/mol. The second-order valence-electron chi connectivity index (χ2n) is 22.8. The smallest absolute Gasteiger partial charge is 0.326 e. The molecule has 0 aliphatic carbocycles. The van der Waals surface area contributed by atoms with E-state index < -0.39 is 114 Å². The predicted octanol–water partition coefficient (Wildman–Crippen LogP) is 4.40. The zero-order chi connectivity index (χ0) is 57.8. The van der Waals surface area contributed by atoms with Gasteiger partial charge in [-0.25, -0.2) is 4.79 Å². The maximum absolute atomic E-state index is 14.7. The number of likely N-dealkylation sites (tertiary alicyclic amines) is 2. The number of carboxylic acids is 1. The molecule has 0 unspecified atom stereocenters. The summed E-state index contributed by atoms with van der Waals surface area (Å²) in [5.41, 5.74) is 8.03. The van der Waals surface area contributed by atoms with E-state index in [-0.39, 0.29) is 62.4 Å². The van der Waals surface area contributed by atoms with Crippen LogP contribution in [0.3, 0.4) is 0 Å². The summed E-state index contributed by atoms with van der Waals surface area (Å²) in [5.74, 6) is -6.52. The molecule has 4 rings (SSSR count). The van der Waals surface area contributed by atoms with E-state index in [0.717, 1.165) is 11.1 Å². The van der Waals surface area contributed by atoms with Gasteiger partial charge < -0.3 is 52.5 Å². The third-order valence-electron chi connectivity index (χ3n) is 15.3. The van der Waals surface area contributed by atoms with Crippen LogP contribution < -0.4 is 37.6 Å². The molecule has 2 aromatic carbocycles. The van der Waals surface area contributed by atoms with Gasteiger partial charge in [-0.3, -0.25) is 38.4 Å². The average molecular weight is 1090 g/mol. The van der Waals surface area contributed by atoms with Gasteiger partial charge in [0, 0.05) is 13.1 Å². The van der Waals surface area contributed by atoms with Crippen molar-refractivity contribution in [3.63, 3.8) is 0 Å². The van der Waals surface area contributed by atoms with Crippen LogP contribution in [0.2, 0.25) is 0 Å². The highest BCUT2D eigenvalue weighted by molar-refractivity contribution is 5.98. The fourth-order valence-corrected chi connectivity index (χ4v) is 10.1. The van der Waals surface area contributed by atoms with Crippen molar-refractivity contribution in [2.45, 2.75) is 201 Å². The Bertz CT molecular complexity index is 2320. The highest BCUT2D eigenvalue weighted by atomic mass is 16.4. The number of aliphatic carboxylic acids is 1. The molecule has 19 heteroatoms. The van der Waals surface area contributed by atoms with Crippen molar-refractivity contribution in [3.05, 3.63) is 71.8 Å². The lowest BCUT2D eigenvalue weighted by Gasteiger charge is -2.35. The van der Waals surface area contributed by atoms with Gasteiger partial charge in [0.1, 0.15) is 48.3 Å². The molecule has 2 aliphatic rings. The van der Waals surface area contributed by atoms with E-state index in [1.165, 1.54) is 9.80 Å². The SMILES string of the molecule is CC[C@H](C)[C@H](N)C(=O)N[C@H](C(=O)N[C@@H](CC(C)C)C(=O)N[C@H](C(=O)N1CCC[C@H]1C(=O)N1CCC[C@H]1C(=O)N[C@@H](CCc1ccccc1)C(=O)N[C@@H](CCc1ccccc1)C(=O)N[C@@H](CC(C)C)C(=O)O)C(C)C)[C@@H](C)CC. The first-order valence-electron chi connectivity index (χ1n) is 28.5. The minimum absolute atomic E-state index is 0.0441. The van der Waals surface area contributed by atoms with E-state index in [4.69, 9.17) is 5.73 Å². The molecule has 2 aromatic rings. The number of benzene rings is 2. The lowest BCUT2D eigenvalue weighted by atomic mass is 9.94. The molecule has 2 saturated heterocycles. The first-order valence-corrected chi connectivity index (χ1v) is 28.5. The third kappa shape index (κ3) is 18.9. The molecule has 78 heavy (non-hydrogen) atoms. The normalized spacial score (nSPS) is 18.9. The number of rotatable bonds is 30. The van der Waals surface area contributed by atoms with Crippen molar-refractivity contribution in [1.29, 1.82) is 0 Å². The summed E-state index contributed by atoms with van der Waals surface area (Å²) in [5, 5.41) is 27.0. The van der Waals surface area contributed by atoms with Crippen LogP contribution in [0.5, 0.6) is 0 Å². The number of carbonyl (C=O) groups is 9. The molecule has 8 amide bonds. The molecule has 19 nitrogen and oxygen atoms in total. The van der Waals surface area contributed by atoms with Crippen LogP contribution in [0.15, 0.2) is 60.7 Å². The van der Waals surface area contributed by atoms with Crippen LogP contribution in [-0.2, 0) is 56.0 Å². The van der Waals surface area contributed by atoms with E-state index in [1.807, 2.05) is 116 Å². The van der Waals surface area contributed by atoms with Crippen LogP contribution in [0.4, 0.5) is 0 Å². The minimum Gasteiger partial charge on any atom is -0.480 e. The standard InChI is InChI=1S/C59H91N9O10/c1-11-38(9)48(60)55(73)66-50(39(10)12-2)56(74)63-44(33-35(3)4)53(71)65-49(37(7)8)58(76)68-32-20-26-47(68)57(75)67-31-19-25-46(67)54(72)62-43(30-28-41-23-17-14-18-24-41)51(69)61-42(29-27-40-21-15-13-16-22-40)52(70)64-45(59(77)78)34-36(5)6/h13-18,21-24,35-39,42-50H,11-12,19-20,25-34,60H2,1-10H3,(H,61,69)(H,62,72)(H,63,74)(H,64,70)(H,65,71)(H,66,73)(H,77,78)/t38-,39-,42-,43-,44-,45-,46-,47-,48-,49-,50-/m0/s1. The van der Waals surface area contributed by atoms with Crippen LogP contribution in [-0.4, -0.2) is 136 Å². The quantitative estimate of drug-likeness (QED) is 0.0543. The Morgan fingerprint density at radius 1 is 0.538 bits per heavy atom. The zero-order valence-corrected chi connectivity index (χ0v) is 47.8. The molecule has 0 aromatic heterocycles. The third-order valence-corrected chi connectivity index (χ3v) is 15.3. The summed E-state index contributed by atoms with van der Waals surface area (Å²) in [7, 11) is 0. The van der Waals surface area contributed by atoms with Gasteiger partial charge in [0.2, 0.25) is 47.3 Å². The lowest BCUT2D eigenvalue weighted by Crippen LogP contribution is -2.61. The second kappa shape index (κ2) is 31.3. The van der Waals surface area contributed by atoms with Gasteiger partial charge in [0.15, 0.2) is 0 Å². The Morgan fingerprint density at radius 2 is 0.987 bits per heavy atom. The van der Waals surface area contributed by atoms with Crippen LogP contribution in [0.25, 0.3) is 0 Å². The summed E-state index contributed by atoms with van der Waals surface area (Å²) in [6.45, 7) is 19.0. The second-order valence-corrected chi connectivity index (χ2v) is 22.8. The van der Waals surface area contributed by atoms with Crippen LogP contribution in [0.1, 0.15) is 145 Å². The van der Waals surface area contributed by atoms with Gasteiger partial charge in [-0.1, -0.05) is 143 Å². The van der Waals surface area contributed by atoms with Crippen molar-refractivity contribution in [3.8, 4) is 0 Å². The van der Waals surface area contributed by atoms with Gasteiger partial charge in [-0.15, -0.1) is 0 Å². The van der Waals surface area contributed by atoms with Crippen LogP contribution >= 0.6 is 0 Å². The summed E-state index contributed by atoms with van der Waals surface area (Å²) in [4.78, 5) is 129. The fourth-order valence-electron chi connectivity index (χ4n) is 10.1. The molecule has 11 atom stereocenters. The molecule has 0 spiro atoms. The molecular formula is C59H91N9O10. The molecule has 0 saturated carbocycles. The Labute approximate surface area is 462 Å². The number of nitrogens with one attached hydrogen (secondary N) is 6. The minimum atomic E-state index is -1.20. The Kier molecular flexibility index (Phi) is 25.7. The molecule has 0 radical (unpaired) electrons. The summed E-state index contributed by atoms with van der Waals surface area (Å²) < 4.78 is 0. The lowest BCUT2D eigenvalue weighted by molar-refractivity contribution is -0.148. The highest BCUT2D eigenvalue weighted by Crippen LogP contribution is 2.27. The molecule has 432 valence electrons. The van der Waals surface area contributed by atoms with E-state index in [2.05, 4.69) is 31.9 Å². The molecule has 9 N–H and O–H groups in total. The van der Waals surface area contributed by atoms with E-state index in [1.54, 1.807) is 13.8 Å². The van der Waals surface area contributed by atoms with Crippen molar-refractivity contribution < 1.29 is 48.3 Å². The topological polar surface area (TPSA) is 279 Å². The van der Waals surface area contributed by atoms with E-state index in [0.29, 0.717) is 51.4 Å². The largest absolute Gasteiger partial charge is 0.480 e. The van der Waals surface area contributed by atoms with E-state index in [9.17, 15) is 48.3 Å². The first-order chi connectivity index (χ1) is 37.0. The predicted molar refractivity (Wildman–Crippen MR) is 299 cm³/mol. The maximum atomic E-state index is 14.7. The number of amides is 8. The van der Waals surface area contributed by atoms with Crippen molar-refractivity contribution >= 4 is 53.2 Å². The summed E-state index contributed by atoms with van der Waals surface area (Å²) in [6, 6.07) is 9.39. The fraction of sp³-hybridized carbons (Fsp3) is 0.644. The first kappa shape index (κ1) is 64.2. The Balaban J connectivity index is 1.54. The van der Waals surface area contributed by atoms with Crippen molar-refractivity contribution in [1.82, 2.24) is 41.7 Å². The van der Waals surface area contributed by atoms with Crippen LogP contribution in [0, 0.1) is 29.6 Å². The van der Waals surface area contributed by atoms with Gasteiger partial charge in [0.05, 0.1) is 6.04 Å². The molecule has 2 heterocycles. The summed E-state index contributed by atoms with van der Waals surface area (Å²) >= 11 is 0. The Morgan fingerprint density at radius 3 is 1.49 bits per heavy atom. The van der Waals surface area contributed by atoms with Gasteiger partial charge in [0.25, 0.3) is 0 Å². The summed E-state index contributed by atoms with van der Waals surface area (Å²) in [6.07, 6.45) is 4.26.